The van der Waals surface area contributed by atoms with Gasteiger partial charge in [-0.15, -0.1) is 0 Å². The molecule has 60 heavy (non-hydrogen) atoms. The molecule has 0 N–H and O–H groups in total. The second-order valence-electron chi connectivity index (χ2n) is 16.2. The number of hydrogen-bond donors (Lipinski definition) is 0. The largest absolute Gasteiger partial charge is 0.293 e. The maximum Gasteiger partial charge on any atom is 0.191 e. The van der Waals surface area contributed by atoms with Crippen LogP contribution < -0.4 is 0 Å². The minimum Gasteiger partial charge on any atom is -0.293 e. The second-order valence-corrected chi connectivity index (χ2v) is 25.1. The predicted molar refractivity (Wildman–Crippen MR) is 302 cm³/mol. The number of rotatable bonds is 40. The Hall–Kier alpha value is 2.33. The topological polar surface area (TPSA) is 19.0 Å². The molecule has 0 radical (unpaired) electrons. The maximum absolute atomic E-state index is 2.90. The van der Waals surface area contributed by atoms with Crippen molar-refractivity contribution in [3.8, 4) is 0 Å². The summed E-state index contributed by atoms with van der Waals surface area (Å²) in [6, 6.07) is 2.54. The Kier molecular flexibility index (Phi) is 40.6. The SMILES string of the molecule is CSCCCN(C)C1C(=[N+](C)CCCSC)C1N(C)CCCSC.CSCCCN(CCCSC)C1C(=[N+](CCCSC)CCCSC)C1N(CCCSC)CCCSC. The summed E-state index contributed by atoms with van der Waals surface area (Å²) in [6.07, 6.45) is 31.9. The van der Waals surface area contributed by atoms with Gasteiger partial charge in [-0.05, 0) is 200 Å². The summed E-state index contributed by atoms with van der Waals surface area (Å²) in [5.74, 6) is 11.5. The fourth-order valence-corrected chi connectivity index (χ4v) is 12.1. The Morgan fingerprint density at radius 2 is 0.617 bits per heavy atom. The van der Waals surface area contributed by atoms with Crippen LogP contribution >= 0.6 is 106 Å². The summed E-state index contributed by atoms with van der Waals surface area (Å²) < 4.78 is 5.40. The maximum atomic E-state index is 2.90. The molecule has 0 aromatic carbocycles. The van der Waals surface area contributed by atoms with E-state index in [1.54, 1.807) is 11.4 Å². The normalized spacial score (nSPS) is 18.6. The van der Waals surface area contributed by atoms with Crippen LogP contribution in [-0.4, -0.2) is 252 Å². The summed E-state index contributed by atoms with van der Waals surface area (Å²) in [5, 5.41) is 0. The van der Waals surface area contributed by atoms with Crippen molar-refractivity contribution < 1.29 is 9.15 Å². The van der Waals surface area contributed by atoms with Gasteiger partial charge in [-0.25, -0.2) is 9.15 Å². The molecule has 4 unspecified atom stereocenters. The van der Waals surface area contributed by atoms with Crippen LogP contribution in [-0.2, 0) is 0 Å². The molecule has 2 aliphatic carbocycles. The molecule has 0 spiro atoms. The molecule has 0 saturated heterocycles. The molecule has 0 heterocycles. The van der Waals surface area contributed by atoms with E-state index in [0.717, 1.165) is 0 Å². The molecule has 2 rings (SSSR count). The molecule has 6 nitrogen and oxygen atoms in total. The highest BCUT2D eigenvalue weighted by atomic mass is 32.2. The van der Waals surface area contributed by atoms with E-state index < -0.39 is 0 Å². The van der Waals surface area contributed by atoms with E-state index in [-0.39, 0.29) is 0 Å². The van der Waals surface area contributed by atoms with Crippen LogP contribution in [0.3, 0.4) is 0 Å². The van der Waals surface area contributed by atoms with Crippen LogP contribution in [0.4, 0.5) is 0 Å². The van der Waals surface area contributed by atoms with E-state index in [1.165, 1.54) is 168 Å². The van der Waals surface area contributed by atoms with Crippen molar-refractivity contribution in [1.82, 2.24) is 19.6 Å². The third-order valence-corrected chi connectivity index (χ3v) is 17.7. The first-order chi connectivity index (χ1) is 29.3. The monoisotopic (exact) mass is 1010 g/mol. The fraction of sp³-hybridized carbons (Fsp3) is 0.956. The average molecular weight is 1010 g/mol. The van der Waals surface area contributed by atoms with E-state index in [0.29, 0.717) is 24.2 Å². The molecule has 0 bridgehead atoms. The van der Waals surface area contributed by atoms with Crippen molar-refractivity contribution in [2.24, 2.45) is 0 Å². The van der Waals surface area contributed by atoms with Crippen LogP contribution in [0.5, 0.6) is 0 Å². The Balaban J connectivity index is 0.000000650. The summed E-state index contributed by atoms with van der Waals surface area (Å²) in [6.45, 7) is 11.1. The van der Waals surface area contributed by atoms with E-state index in [1.807, 2.05) is 106 Å². The van der Waals surface area contributed by atoms with Crippen molar-refractivity contribution in [1.29, 1.82) is 0 Å². The zero-order valence-electron chi connectivity index (χ0n) is 40.8. The Labute approximate surface area is 412 Å². The zero-order chi connectivity index (χ0) is 44.4. The highest BCUT2D eigenvalue weighted by Gasteiger charge is 2.60. The first-order valence-electron chi connectivity index (χ1n) is 22.8. The second kappa shape index (κ2) is 40.4. The van der Waals surface area contributed by atoms with Crippen LogP contribution in [0.1, 0.15) is 57.8 Å². The molecule has 0 amide bonds. The quantitative estimate of drug-likeness (QED) is 0.0431. The zero-order valence-corrected chi connectivity index (χ0v) is 48.1. The van der Waals surface area contributed by atoms with Gasteiger partial charge in [0, 0.05) is 19.3 Å². The van der Waals surface area contributed by atoms with E-state index in [9.17, 15) is 0 Å². The number of thioether (sulfide) groups is 9. The lowest BCUT2D eigenvalue weighted by atomic mass is 10.3. The van der Waals surface area contributed by atoms with E-state index in [4.69, 9.17) is 0 Å². The van der Waals surface area contributed by atoms with Crippen LogP contribution in [0.25, 0.3) is 0 Å². The third kappa shape index (κ3) is 25.5. The van der Waals surface area contributed by atoms with Gasteiger partial charge >= 0.3 is 0 Å². The van der Waals surface area contributed by atoms with Gasteiger partial charge in [0.25, 0.3) is 0 Å². The van der Waals surface area contributed by atoms with Crippen molar-refractivity contribution in [3.05, 3.63) is 0 Å². The van der Waals surface area contributed by atoms with Crippen LogP contribution in [0, 0.1) is 0 Å². The molecular formula is C45H94N6S9+2. The minimum absolute atomic E-state index is 0.630. The van der Waals surface area contributed by atoms with Crippen LogP contribution in [0.15, 0.2) is 0 Å². The van der Waals surface area contributed by atoms with Gasteiger partial charge in [-0.2, -0.15) is 106 Å². The lowest BCUT2D eigenvalue weighted by Crippen LogP contribution is -2.37. The molecule has 15 heteroatoms. The highest BCUT2D eigenvalue weighted by molar-refractivity contribution is 8.00. The van der Waals surface area contributed by atoms with Gasteiger partial charge < -0.3 is 0 Å². The first kappa shape index (κ1) is 60.3. The third-order valence-electron chi connectivity index (χ3n) is 11.4. The molecule has 4 atom stereocenters. The van der Waals surface area contributed by atoms with Crippen molar-refractivity contribution in [2.75, 3.05) is 188 Å². The lowest BCUT2D eigenvalue weighted by molar-refractivity contribution is -0.526. The van der Waals surface area contributed by atoms with Crippen molar-refractivity contribution >= 4 is 117 Å². The number of likely N-dealkylation sites (N-methyl/N-ethyl adjacent to an activating group) is 2. The van der Waals surface area contributed by atoms with Gasteiger partial charge in [-0.3, -0.25) is 19.6 Å². The summed E-state index contributed by atoms with van der Waals surface area (Å²) in [4.78, 5) is 11.0. The Morgan fingerprint density at radius 1 is 0.350 bits per heavy atom. The summed E-state index contributed by atoms with van der Waals surface area (Å²) in [7, 11) is 6.93. The lowest BCUT2D eigenvalue weighted by Gasteiger charge is -2.25. The summed E-state index contributed by atoms with van der Waals surface area (Å²) >= 11 is 17.9. The van der Waals surface area contributed by atoms with Gasteiger partial charge in [0.05, 0.1) is 0 Å². The predicted octanol–water partition coefficient (Wildman–Crippen LogP) is 9.26. The van der Waals surface area contributed by atoms with E-state index >= 15 is 0 Å². The highest BCUT2D eigenvalue weighted by Crippen LogP contribution is 2.33. The van der Waals surface area contributed by atoms with Crippen LogP contribution in [0.2, 0.25) is 0 Å². The molecule has 2 aliphatic rings. The first-order valence-corrected chi connectivity index (χ1v) is 35.3. The van der Waals surface area contributed by atoms with E-state index in [2.05, 4.69) is 106 Å². The van der Waals surface area contributed by atoms with Gasteiger partial charge in [0.1, 0.15) is 50.8 Å². The molecule has 0 aromatic heterocycles. The molecule has 2 saturated carbocycles. The van der Waals surface area contributed by atoms with Crippen molar-refractivity contribution in [2.45, 2.75) is 82.0 Å². The smallest absolute Gasteiger partial charge is 0.191 e. The van der Waals surface area contributed by atoms with Gasteiger partial charge in [0.2, 0.25) is 0 Å². The summed E-state index contributed by atoms with van der Waals surface area (Å²) in [5.41, 5.74) is 3.42. The minimum atomic E-state index is 0.630. The molecule has 2 fully saturated rings. The van der Waals surface area contributed by atoms with Gasteiger partial charge in [0.15, 0.2) is 11.4 Å². The fourth-order valence-electron chi connectivity index (χ4n) is 8.35. The molecule has 0 aromatic rings. The van der Waals surface area contributed by atoms with Gasteiger partial charge in [-0.1, -0.05) is 0 Å². The van der Waals surface area contributed by atoms with Crippen molar-refractivity contribution in [3.63, 3.8) is 0 Å². The number of nitrogens with zero attached hydrogens (tertiary/aromatic N) is 6. The Bertz CT molecular complexity index is 1000. The Morgan fingerprint density at radius 3 is 0.917 bits per heavy atom. The molecular weight excluding hydrogens is 913 g/mol. The molecule has 0 aliphatic heterocycles. The standard InChI is InChI=1S/C27H56N3S6.C18H38N3S3/c1-31-19-7-13-28(14-8-20-32-2)25-26(29(15-9-21-33-3)16-10-22-34-4)27(25)30(17-11-23-35-5)18-12-24-36-6;1-19(10-7-13-22-4)16-17(20(2)11-8-14-23-5)18(16)21(3)12-9-15-24-6/h25-26H,7-24H2,1-6H3;16-17H,7-15H2,1-6H3/q2*+1. The number of hydrogen-bond acceptors (Lipinski definition) is 13. The average Bonchev–Trinajstić information content (AvgIpc) is 4.17. The molecule has 356 valence electrons.